The number of fused-ring (bicyclic) bond motifs is 1. The number of likely N-dealkylation sites (N-methyl/N-ethyl adjacent to an activating group) is 1. The number of carbonyl (C=O) groups excluding carboxylic acids is 1. The summed E-state index contributed by atoms with van der Waals surface area (Å²) in [7, 11) is 1.64. The Kier molecular flexibility index (Phi) is 1.85. The smallest absolute Gasteiger partial charge is 0.247 e. The molecule has 0 unspecified atom stereocenters. The molecule has 1 amide bonds. The van der Waals surface area contributed by atoms with Crippen LogP contribution in [0.3, 0.4) is 0 Å². The van der Waals surface area contributed by atoms with Gasteiger partial charge in [0.05, 0.1) is 5.71 Å². The topological polar surface area (TPSA) is 41.5 Å². The highest BCUT2D eigenvalue weighted by molar-refractivity contribution is 6.12. The van der Waals surface area contributed by atoms with Gasteiger partial charge in [0, 0.05) is 25.2 Å². The largest absolute Gasteiger partial charge is 0.355 e. The molecule has 1 aliphatic carbocycles. The number of aliphatic imine (C=N–C) groups is 1. The summed E-state index contributed by atoms with van der Waals surface area (Å²) < 4.78 is 0. The van der Waals surface area contributed by atoms with Crippen molar-refractivity contribution >= 4 is 11.6 Å². The zero-order chi connectivity index (χ0) is 9.26. The van der Waals surface area contributed by atoms with Crippen molar-refractivity contribution in [1.82, 2.24) is 5.32 Å². The van der Waals surface area contributed by atoms with Crippen LogP contribution in [0.1, 0.15) is 6.42 Å². The molecule has 0 fully saturated rings. The molecule has 0 aromatic carbocycles. The highest BCUT2D eigenvalue weighted by Crippen LogP contribution is 2.21. The number of rotatable bonds is 1. The van der Waals surface area contributed by atoms with Gasteiger partial charge in [-0.2, -0.15) is 0 Å². The molecule has 1 aliphatic heterocycles. The van der Waals surface area contributed by atoms with E-state index in [4.69, 9.17) is 0 Å². The molecule has 0 saturated carbocycles. The summed E-state index contributed by atoms with van der Waals surface area (Å²) in [5, 5.41) is 2.60. The van der Waals surface area contributed by atoms with Crippen molar-refractivity contribution in [2.45, 2.75) is 6.42 Å². The number of hydrogen-bond acceptors (Lipinski definition) is 2. The van der Waals surface area contributed by atoms with E-state index in [1.165, 1.54) is 0 Å². The Bertz CT molecular complexity index is 372. The first kappa shape index (κ1) is 7.98. The van der Waals surface area contributed by atoms with Gasteiger partial charge in [0.15, 0.2) is 0 Å². The predicted octanol–water partition coefficient (Wildman–Crippen LogP) is 0.957. The molecule has 0 radical (unpaired) electrons. The summed E-state index contributed by atoms with van der Waals surface area (Å²) in [6.07, 6.45) is 8.13. The van der Waals surface area contributed by atoms with Crippen LogP contribution in [-0.4, -0.2) is 18.7 Å². The maximum atomic E-state index is 11.3. The molecule has 1 N–H and O–H groups in total. The zero-order valence-corrected chi connectivity index (χ0v) is 7.37. The molecule has 2 rings (SSSR count). The maximum absolute atomic E-state index is 11.3. The average Bonchev–Trinajstić information content (AvgIpc) is 2.63. The lowest BCUT2D eigenvalue weighted by atomic mass is 9.97. The van der Waals surface area contributed by atoms with Crippen LogP contribution in [0.5, 0.6) is 0 Å². The van der Waals surface area contributed by atoms with Crippen molar-refractivity contribution < 1.29 is 4.79 Å². The second-order valence-corrected chi connectivity index (χ2v) is 2.96. The number of hydrogen-bond donors (Lipinski definition) is 1. The monoisotopic (exact) mass is 174 g/mol. The van der Waals surface area contributed by atoms with Gasteiger partial charge in [-0.05, 0) is 11.6 Å². The molecule has 66 valence electrons. The number of nitrogens with one attached hydrogen (secondary N) is 1. The molecule has 0 aromatic heterocycles. The summed E-state index contributed by atoms with van der Waals surface area (Å²) in [6.45, 7) is 0. The van der Waals surface area contributed by atoms with Crippen LogP contribution >= 0.6 is 0 Å². The number of carbonyl (C=O) groups is 1. The van der Waals surface area contributed by atoms with E-state index in [0.717, 1.165) is 16.9 Å². The fraction of sp³-hybridized carbons (Fsp3) is 0.200. The third-order valence-electron chi connectivity index (χ3n) is 2.16. The van der Waals surface area contributed by atoms with E-state index in [1.54, 1.807) is 13.2 Å². The van der Waals surface area contributed by atoms with Crippen LogP contribution in [0, 0.1) is 0 Å². The van der Waals surface area contributed by atoms with E-state index in [-0.39, 0.29) is 5.91 Å². The zero-order valence-electron chi connectivity index (χ0n) is 7.37. The number of amides is 1. The second kappa shape index (κ2) is 3.01. The molecule has 0 aromatic rings. The average molecular weight is 174 g/mol. The van der Waals surface area contributed by atoms with E-state index in [0.29, 0.717) is 6.42 Å². The van der Waals surface area contributed by atoms with Crippen molar-refractivity contribution in [1.29, 1.82) is 0 Å². The molecule has 0 spiro atoms. The molecule has 13 heavy (non-hydrogen) atoms. The van der Waals surface area contributed by atoms with Gasteiger partial charge in [-0.3, -0.25) is 9.79 Å². The molecule has 1 heterocycles. The molecule has 0 atom stereocenters. The van der Waals surface area contributed by atoms with Crippen molar-refractivity contribution in [3.63, 3.8) is 0 Å². The third-order valence-corrected chi connectivity index (χ3v) is 2.16. The first-order valence-corrected chi connectivity index (χ1v) is 4.18. The third kappa shape index (κ3) is 1.33. The van der Waals surface area contributed by atoms with Crippen LogP contribution < -0.4 is 5.32 Å². The maximum Gasteiger partial charge on any atom is 0.247 e. The molecule has 2 aliphatic rings. The Labute approximate surface area is 76.5 Å². The summed E-state index contributed by atoms with van der Waals surface area (Å²) in [6, 6.07) is 0. The van der Waals surface area contributed by atoms with Crippen molar-refractivity contribution in [3.05, 3.63) is 35.6 Å². The molecule has 0 bridgehead atoms. The molecule has 3 heteroatoms. The lowest BCUT2D eigenvalue weighted by molar-refractivity contribution is -0.117. The highest BCUT2D eigenvalue weighted by atomic mass is 16.1. The first-order chi connectivity index (χ1) is 6.31. The summed E-state index contributed by atoms with van der Waals surface area (Å²) in [5.41, 5.74) is 2.88. The SMILES string of the molecule is CNC(=O)C1=CC=C2C=CN=C2C1. The fourth-order valence-electron chi connectivity index (χ4n) is 1.42. The van der Waals surface area contributed by atoms with Gasteiger partial charge in [0.1, 0.15) is 0 Å². The van der Waals surface area contributed by atoms with Gasteiger partial charge >= 0.3 is 0 Å². The Balaban J connectivity index is 2.25. The first-order valence-electron chi connectivity index (χ1n) is 4.18. The minimum Gasteiger partial charge on any atom is -0.355 e. The lowest BCUT2D eigenvalue weighted by Gasteiger charge is -2.10. The summed E-state index contributed by atoms with van der Waals surface area (Å²) in [4.78, 5) is 15.4. The Morgan fingerprint density at radius 3 is 3.15 bits per heavy atom. The molecular weight excluding hydrogens is 164 g/mol. The molecular formula is C10H10N2O. The van der Waals surface area contributed by atoms with Crippen molar-refractivity contribution in [2.75, 3.05) is 7.05 Å². The predicted molar refractivity (Wildman–Crippen MR) is 51.4 cm³/mol. The number of nitrogens with zero attached hydrogens (tertiary/aromatic N) is 1. The molecule has 3 nitrogen and oxygen atoms in total. The fourth-order valence-corrected chi connectivity index (χ4v) is 1.42. The van der Waals surface area contributed by atoms with E-state index in [9.17, 15) is 4.79 Å². The Morgan fingerprint density at radius 1 is 1.54 bits per heavy atom. The molecule has 0 saturated heterocycles. The second-order valence-electron chi connectivity index (χ2n) is 2.96. The van der Waals surface area contributed by atoms with Gasteiger partial charge < -0.3 is 5.32 Å². The van der Waals surface area contributed by atoms with Crippen molar-refractivity contribution in [3.8, 4) is 0 Å². The standard InChI is InChI=1S/C10H10N2O/c1-11-10(13)8-3-2-7-4-5-12-9(7)6-8/h2-5H,6H2,1H3,(H,11,13). The van der Waals surface area contributed by atoms with E-state index >= 15 is 0 Å². The van der Waals surface area contributed by atoms with Crippen LogP contribution in [0.4, 0.5) is 0 Å². The van der Waals surface area contributed by atoms with Crippen molar-refractivity contribution in [2.24, 2.45) is 4.99 Å². The quantitative estimate of drug-likeness (QED) is 0.632. The van der Waals surface area contributed by atoms with Gasteiger partial charge in [-0.15, -0.1) is 0 Å². The van der Waals surface area contributed by atoms with Gasteiger partial charge in [-0.25, -0.2) is 0 Å². The Hall–Kier alpha value is -1.64. The summed E-state index contributed by atoms with van der Waals surface area (Å²) >= 11 is 0. The van der Waals surface area contributed by atoms with E-state index in [2.05, 4.69) is 10.3 Å². The highest BCUT2D eigenvalue weighted by Gasteiger charge is 2.17. The van der Waals surface area contributed by atoms with E-state index in [1.807, 2.05) is 18.2 Å². The minimum absolute atomic E-state index is 0.0232. The van der Waals surface area contributed by atoms with Crippen LogP contribution in [0.25, 0.3) is 0 Å². The number of allylic oxidation sites excluding steroid dienone is 4. The summed E-state index contributed by atoms with van der Waals surface area (Å²) in [5.74, 6) is -0.0232. The van der Waals surface area contributed by atoms with Gasteiger partial charge in [-0.1, -0.05) is 12.2 Å². The van der Waals surface area contributed by atoms with Crippen LogP contribution in [0.2, 0.25) is 0 Å². The van der Waals surface area contributed by atoms with Gasteiger partial charge in [0.25, 0.3) is 0 Å². The van der Waals surface area contributed by atoms with Crippen LogP contribution in [-0.2, 0) is 4.79 Å². The van der Waals surface area contributed by atoms with Gasteiger partial charge in [0.2, 0.25) is 5.91 Å². The Morgan fingerprint density at radius 2 is 2.38 bits per heavy atom. The minimum atomic E-state index is -0.0232. The van der Waals surface area contributed by atoms with E-state index < -0.39 is 0 Å². The lowest BCUT2D eigenvalue weighted by Crippen LogP contribution is -2.22. The van der Waals surface area contributed by atoms with Crippen LogP contribution in [0.15, 0.2) is 40.6 Å². The normalized spacial score (nSPS) is 18.7.